The Morgan fingerprint density at radius 2 is 1.79 bits per heavy atom. The van der Waals surface area contributed by atoms with E-state index in [0.29, 0.717) is 6.42 Å². The number of carbonyl (C=O) groups excluding carboxylic acids is 1. The van der Waals surface area contributed by atoms with Gasteiger partial charge in [0.25, 0.3) is 15.7 Å². The van der Waals surface area contributed by atoms with Crippen LogP contribution in [0.3, 0.4) is 0 Å². The van der Waals surface area contributed by atoms with Gasteiger partial charge in [0.2, 0.25) is 5.91 Å². The van der Waals surface area contributed by atoms with Crippen molar-refractivity contribution in [3.05, 3.63) is 70.3 Å². The molecule has 0 aromatic heterocycles. The number of aryl methyl sites for hydroxylation is 1. The SMILES string of the molecule is O=C(CCc1ccccc1)NNS(=O)(=O)c1cccc([N+](=O)[O-])c1. The zero-order chi connectivity index (χ0) is 17.6. The predicted molar refractivity (Wildman–Crippen MR) is 86.3 cm³/mol. The van der Waals surface area contributed by atoms with Gasteiger partial charge in [-0.25, -0.2) is 8.42 Å². The largest absolute Gasteiger partial charge is 0.278 e. The smallest absolute Gasteiger partial charge is 0.270 e. The van der Waals surface area contributed by atoms with Gasteiger partial charge in [-0.3, -0.25) is 20.3 Å². The van der Waals surface area contributed by atoms with E-state index in [1.165, 1.54) is 18.2 Å². The quantitative estimate of drug-likeness (QED) is 0.580. The lowest BCUT2D eigenvalue weighted by molar-refractivity contribution is -0.385. The van der Waals surface area contributed by atoms with Gasteiger partial charge in [-0.2, -0.15) is 0 Å². The second-order valence-corrected chi connectivity index (χ2v) is 6.58. The van der Waals surface area contributed by atoms with Crippen LogP contribution in [0.1, 0.15) is 12.0 Å². The predicted octanol–water partition coefficient (Wildman–Crippen LogP) is 1.54. The van der Waals surface area contributed by atoms with Gasteiger partial charge >= 0.3 is 0 Å². The molecule has 8 nitrogen and oxygen atoms in total. The van der Waals surface area contributed by atoms with Gasteiger partial charge < -0.3 is 0 Å². The fourth-order valence-corrected chi connectivity index (χ4v) is 2.81. The number of sulfonamides is 1. The number of nitrogens with zero attached hydrogens (tertiary/aromatic N) is 1. The van der Waals surface area contributed by atoms with Crippen molar-refractivity contribution in [3.63, 3.8) is 0 Å². The maximum absolute atomic E-state index is 12.0. The molecule has 0 spiro atoms. The van der Waals surface area contributed by atoms with Gasteiger partial charge in [-0.15, -0.1) is 4.83 Å². The molecule has 2 rings (SSSR count). The van der Waals surface area contributed by atoms with Gasteiger partial charge in [-0.1, -0.05) is 36.4 Å². The number of hydrazine groups is 1. The van der Waals surface area contributed by atoms with Gasteiger partial charge in [-0.05, 0) is 18.1 Å². The monoisotopic (exact) mass is 349 g/mol. The molecule has 2 aromatic rings. The first-order valence-corrected chi connectivity index (χ1v) is 8.46. The Hall–Kier alpha value is -2.78. The van der Waals surface area contributed by atoms with E-state index in [9.17, 15) is 23.3 Å². The van der Waals surface area contributed by atoms with E-state index in [4.69, 9.17) is 0 Å². The molecule has 126 valence electrons. The highest BCUT2D eigenvalue weighted by atomic mass is 32.2. The maximum atomic E-state index is 12.0. The van der Waals surface area contributed by atoms with Gasteiger partial charge in [0.15, 0.2) is 0 Å². The molecule has 0 unspecified atom stereocenters. The molecular weight excluding hydrogens is 334 g/mol. The van der Waals surface area contributed by atoms with E-state index >= 15 is 0 Å². The van der Waals surface area contributed by atoms with E-state index < -0.39 is 20.9 Å². The molecule has 0 aliphatic carbocycles. The summed E-state index contributed by atoms with van der Waals surface area (Å²) in [5, 5.41) is 10.7. The third-order valence-corrected chi connectivity index (χ3v) is 4.39. The van der Waals surface area contributed by atoms with E-state index in [0.717, 1.165) is 11.6 Å². The molecular formula is C15H15N3O5S. The molecule has 0 saturated heterocycles. The third kappa shape index (κ3) is 4.86. The summed E-state index contributed by atoms with van der Waals surface area (Å²) >= 11 is 0. The molecule has 0 saturated carbocycles. The van der Waals surface area contributed by atoms with Gasteiger partial charge in [0.1, 0.15) is 0 Å². The van der Waals surface area contributed by atoms with Crippen LogP contribution >= 0.6 is 0 Å². The summed E-state index contributed by atoms with van der Waals surface area (Å²) in [4.78, 5) is 23.3. The molecule has 0 aliphatic rings. The van der Waals surface area contributed by atoms with Crippen LogP contribution in [0.2, 0.25) is 0 Å². The van der Waals surface area contributed by atoms with Crippen LogP contribution in [0.5, 0.6) is 0 Å². The summed E-state index contributed by atoms with van der Waals surface area (Å²) in [5.41, 5.74) is 2.69. The summed E-state index contributed by atoms with van der Waals surface area (Å²) in [6.45, 7) is 0. The Morgan fingerprint density at radius 1 is 1.08 bits per heavy atom. The van der Waals surface area contributed by atoms with E-state index in [1.807, 2.05) is 35.2 Å². The van der Waals surface area contributed by atoms with Crippen LogP contribution in [0.25, 0.3) is 0 Å². The highest BCUT2D eigenvalue weighted by Gasteiger charge is 2.18. The van der Waals surface area contributed by atoms with Crippen molar-refractivity contribution < 1.29 is 18.1 Å². The van der Waals surface area contributed by atoms with Crippen molar-refractivity contribution in [2.75, 3.05) is 0 Å². The molecule has 1 amide bonds. The second-order valence-electron chi connectivity index (χ2n) is 4.89. The number of hydrogen-bond acceptors (Lipinski definition) is 5. The number of nitrogens with one attached hydrogen (secondary N) is 2. The average molecular weight is 349 g/mol. The summed E-state index contributed by atoms with van der Waals surface area (Å²) in [7, 11) is -4.08. The third-order valence-electron chi connectivity index (χ3n) is 3.15. The van der Waals surface area contributed by atoms with Crippen LogP contribution in [-0.2, 0) is 21.2 Å². The fourth-order valence-electron chi connectivity index (χ4n) is 1.91. The number of nitro benzene ring substituents is 1. The average Bonchev–Trinajstić information content (AvgIpc) is 2.59. The molecule has 0 radical (unpaired) electrons. The summed E-state index contributed by atoms with van der Waals surface area (Å²) in [6, 6.07) is 13.8. The molecule has 2 N–H and O–H groups in total. The summed E-state index contributed by atoms with van der Waals surface area (Å²) in [5.74, 6) is -0.507. The minimum atomic E-state index is -4.08. The number of rotatable bonds is 7. The second kappa shape index (κ2) is 7.66. The zero-order valence-electron chi connectivity index (χ0n) is 12.5. The summed E-state index contributed by atoms with van der Waals surface area (Å²) < 4.78 is 24.1. The Labute approximate surface area is 138 Å². The first-order chi connectivity index (χ1) is 11.4. The maximum Gasteiger partial charge on any atom is 0.270 e. The number of benzene rings is 2. The Kier molecular flexibility index (Phi) is 5.61. The highest BCUT2D eigenvalue weighted by Crippen LogP contribution is 2.16. The minimum absolute atomic E-state index is 0.0987. The standard InChI is InChI=1S/C15H15N3O5S/c19-15(10-9-12-5-2-1-3-6-12)16-17-24(22,23)14-8-4-7-13(11-14)18(20)21/h1-8,11,17H,9-10H2,(H,16,19). The van der Waals surface area contributed by atoms with Crippen molar-refractivity contribution in [1.29, 1.82) is 0 Å². The number of amides is 1. The molecule has 9 heteroatoms. The Balaban J connectivity index is 1.93. The fraction of sp³-hybridized carbons (Fsp3) is 0.133. The molecule has 0 fully saturated rings. The minimum Gasteiger partial charge on any atom is -0.278 e. The lowest BCUT2D eigenvalue weighted by Crippen LogP contribution is -2.41. The van der Waals surface area contributed by atoms with Crippen LogP contribution in [0.4, 0.5) is 5.69 Å². The molecule has 0 bridgehead atoms. The zero-order valence-corrected chi connectivity index (χ0v) is 13.3. The lowest BCUT2D eigenvalue weighted by atomic mass is 10.1. The molecule has 0 aliphatic heterocycles. The number of non-ortho nitro benzene ring substituents is 1. The van der Waals surface area contributed by atoms with Gasteiger partial charge in [0.05, 0.1) is 9.82 Å². The van der Waals surface area contributed by atoms with Crippen LogP contribution in [0.15, 0.2) is 59.5 Å². The first kappa shape index (κ1) is 17.6. The Bertz CT molecular complexity index is 837. The first-order valence-electron chi connectivity index (χ1n) is 6.97. The van der Waals surface area contributed by atoms with Crippen LogP contribution < -0.4 is 10.3 Å². The number of carbonyl (C=O) groups is 1. The highest BCUT2D eigenvalue weighted by molar-refractivity contribution is 7.89. The normalized spacial score (nSPS) is 11.0. The molecule has 0 atom stereocenters. The van der Waals surface area contributed by atoms with E-state index in [2.05, 4.69) is 5.43 Å². The number of nitro groups is 1. The van der Waals surface area contributed by atoms with Crippen molar-refractivity contribution in [1.82, 2.24) is 10.3 Å². The van der Waals surface area contributed by atoms with Crippen molar-refractivity contribution in [2.24, 2.45) is 0 Å². The van der Waals surface area contributed by atoms with E-state index in [-0.39, 0.29) is 17.0 Å². The summed E-state index contributed by atoms with van der Waals surface area (Å²) in [6.07, 6.45) is 0.562. The van der Waals surface area contributed by atoms with E-state index in [1.54, 1.807) is 0 Å². The molecule has 2 aromatic carbocycles. The van der Waals surface area contributed by atoms with Crippen LogP contribution in [-0.4, -0.2) is 19.2 Å². The number of hydrogen-bond donors (Lipinski definition) is 2. The topological polar surface area (TPSA) is 118 Å². The van der Waals surface area contributed by atoms with Crippen LogP contribution in [0, 0.1) is 10.1 Å². The molecule has 0 heterocycles. The Morgan fingerprint density at radius 3 is 2.46 bits per heavy atom. The lowest BCUT2D eigenvalue weighted by Gasteiger charge is -2.08. The van der Waals surface area contributed by atoms with Gasteiger partial charge in [0, 0.05) is 18.6 Å². The van der Waals surface area contributed by atoms with Crippen molar-refractivity contribution >= 4 is 21.6 Å². The van der Waals surface area contributed by atoms with Crippen molar-refractivity contribution in [3.8, 4) is 0 Å². The molecule has 24 heavy (non-hydrogen) atoms. The van der Waals surface area contributed by atoms with Crippen molar-refractivity contribution in [2.45, 2.75) is 17.7 Å².